The first-order valence-electron chi connectivity index (χ1n) is 8.66. The maximum atomic E-state index is 13.2. The number of hydrogen-bond acceptors (Lipinski definition) is 4. The fourth-order valence-electron chi connectivity index (χ4n) is 3.05. The highest BCUT2D eigenvalue weighted by molar-refractivity contribution is 5.56. The minimum atomic E-state index is -6.15. The quantitative estimate of drug-likeness (QED) is 0.386. The topological polar surface area (TPSA) is 92.5 Å². The molecule has 0 aliphatic heterocycles. The molecular formula is C19H17F9N2O2. The smallest absolute Gasteiger partial charge is 0.398 e. The van der Waals surface area contributed by atoms with Gasteiger partial charge in [0.25, 0.3) is 5.60 Å². The van der Waals surface area contributed by atoms with Crippen LogP contribution in [0.25, 0.3) is 0 Å². The molecule has 0 saturated carbocycles. The molecule has 13 heteroatoms. The van der Waals surface area contributed by atoms with Crippen molar-refractivity contribution in [2.75, 3.05) is 11.5 Å². The maximum Gasteiger partial charge on any atom is 0.430 e. The van der Waals surface area contributed by atoms with Gasteiger partial charge in [-0.15, -0.1) is 0 Å². The second-order valence-electron chi connectivity index (χ2n) is 7.30. The van der Waals surface area contributed by atoms with Crippen molar-refractivity contribution >= 4 is 11.4 Å². The van der Waals surface area contributed by atoms with Crippen LogP contribution in [-0.2, 0) is 17.6 Å². The van der Waals surface area contributed by atoms with Gasteiger partial charge >= 0.3 is 18.5 Å². The summed E-state index contributed by atoms with van der Waals surface area (Å²) in [6.45, 7) is 0.472. The van der Waals surface area contributed by atoms with E-state index in [1.54, 1.807) is 0 Å². The van der Waals surface area contributed by atoms with Crippen LogP contribution in [0.3, 0.4) is 0 Å². The van der Waals surface area contributed by atoms with E-state index in [0.29, 0.717) is 13.0 Å². The Hall–Kier alpha value is -2.67. The molecule has 1 atom stereocenters. The van der Waals surface area contributed by atoms with E-state index in [-0.39, 0.29) is 17.5 Å². The number of nitrogen functional groups attached to an aromatic ring is 2. The molecule has 178 valence electrons. The summed E-state index contributed by atoms with van der Waals surface area (Å²) < 4.78 is 118. The van der Waals surface area contributed by atoms with E-state index in [4.69, 9.17) is 11.5 Å². The molecule has 0 saturated heterocycles. The first-order valence-corrected chi connectivity index (χ1v) is 8.66. The summed E-state index contributed by atoms with van der Waals surface area (Å²) >= 11 is 0. The molecule has 4 nitrogen and oxygen atoms in total. The van der Waals surface area contributed by atoms with Crippen molar-refractivity contribution in [3.63, 3.8) is 0 Å². The molecule has 0 spiro atoms. The van der Waals surface area contributed by atoms with Gasteiger partial charge < -0.3 is 21.7 Å². The van der Waals surface area contributed by atoms with E-state index in [9.17, 15) is 49.7 Å². The number of alkyl halides is 9. The summed E-state index contributed by atoms with van der Waals surface area (Å²) in [5, 5.41) is 19.3. The normalized spacial score (nSPS) is 15.5. The Morgan fingerprint density at radius 1 is 0.656 bits per heavy atom. The highest BCUT2D eigenvalue weighted by Gasteiger charge is 2.72. The second-order valence-corrected chi connectivity index (χ2v) is 7.30. The van der Waals surface area contributed by atoms with Crippen LogP contribution in [0.5, 0.6) is 0 Å². The molecule has 0 fully saturated rings. The minimum Gasteiger partial charge on any atom is -0.398 e. The largest absolute Gasteiger partial charge is 0.430 e. The van der Waals surface area contributed by atoms with Crippen LogP contribution in [0, 0.1) is 0 Å². The molecule has 2 aromatic rings. The lowest BCUT2D eigenvalue weighted by Crippen LogP contribution is -2.54. The van der Waals surface area contributed by atoms with Crippen LogP contribution in [-0.4, -0.2) is 28.7 Å². The first kappa shape index (κ1) is 25.6. The lowest BCUT2D eigenvalue weighted by Gasteiger charge is -2.33. The molecule has 0 aliphatic carbocycles. The fraction of sp³-hybridized carbons (Fsp3) is 0.368. The van der Waals surface area contributed by atoms with Crippen molar-refractivity contribution in [1.29, 1.82) is 0 Å². The van der Waals surface area contributed by atoms with Crippen molar-refractivity contribution in [2.24, 2.45) is 0 Å². The van der Waals surface area contributed by atoms with Crippen LogP contribution in [0.15, 0.2) is 36.4 Å². The third kappa shape index (κ3) is 4.31. The molecule has 0 bridgehead atoms. The Morgan fingerprint density at radius 3 is 1.56 bits per heavy atom. The standard InChI is InChI=1S/C19H17F9N2O2/c1-15(31,17(20,21)22)11-4-2-10(8-14(11)30)6-9-3-5-13(29)12(7-9)16(32,18(23,24)25)19(26,27)28/h2-5,7-8,31-32H,6,29-30H2,1H3. The molecule has 0 aromatic heterocycles. The zero-order valence-electron chi connectivity index (χ0n) is 16.1. The Kier molecular flexibility index (Phi) is 6.18. The molecule has 1 unspecified atom stereocenters. The van der Waals surface area contributed by atoms with Gasteiger partial charge in [-0.25, -0.2) is 0 Å². The van der Waals surface area contributed by atoms with E-state index in [1.165, 1.54) is 0 Å². The van der Waals surface area contributed by atoms with Crippen LogP contribution >= 0.6 is 0 Å². The van der Waals surface area contributed by atoms with Gasteiger partial charge in [0.05, 0.1) is 0 Å². The zero-order chi connectivity index (χ0) is 24.9. The van der Waals surface area contributed by atoms with Crippen LogP contribution in [0.1, 0.15) is 29.2 Å². The van der Waals surface area contributed by atoms with E-state index in [2.05, 4.69) is 0 Å². The van der Waals surface area contributed by atoms with Crippen molar-refractivity contribution in [3.8, 4) is 0 Å². The van der Waals surface area contributed by atoms with Crippen LogP contribution in [0.4, 0.5) is 50.9 Å². The monoisotopic (exact) mass is 476 g/mol. The van der Waals surface area contributed by atoms with Gasteiger partial charge in [-0.1, -0.05) is 18.2 Å². The van der Waals surface area contributed by atoms with Crippen LogP contribution in [0.2, 0.25) is 0 Å². The molecule has 0 aliphatic rings. The second kappa shape index (κ2) is 7.73. The molecule has 6 N–H and O–H groups in total. The van der Waals surface area contributed by atoms with Gasteiger partial charge in [0.15, 0.2) is 5.60 Å². The van der Waals surface area contributed by atoms with E-state index >= 15 is 0 Å². The summed E-state index contributed by atoms with van der Waals surface area (Å²) in [5.41, 5.74) is -1.52. The van der Waals surface area contributed by atoms with Crippen molar-refractivity contribution in [2.45, 2.75) is 43.1 Å². The van der Waals surface area contributed by atoms with Gasteiger partial charge in [-0.2, -0.15) is 39.5 Å². The number of benzene rings is 2. The molecule has 0 radical (unpaired) electrons. The van der Waals surface area contributed by atoms with Gasteiger partial charge in [0, 0.05) is 22.5 Å². The zero-order valence-corrected chi connectivity index (χ0v) is 16.1. The molecule has 0 heterocycles. The molecule has 32 heavy (non-hydrogen) atoms. The van der Waals surface area contributed by atoms with Gasteiger partial charge in [-0.3, -0.25) is 0 Å². The third-order valence-electron chi connectivity index (χ3n) is 4.93. The Labute approximate surface area is 175 Å². The summed E-state index contributed by atoms with van der Waals surface area (Å²) in [4.78, 5) is 0. The van der Waals surface area contributed by atoms with Gasteiger partial charge in [0.2, 0.25) is 0 Å². The molecule has 2 rings (SSSR count). The van der Waals surface area contributed by atoms with E-state index in [1.807, 2.05) is 0 Å². The average Bonchev–Trinajstić information content (AvgIpc) is 2.59. The number of hydrogen-bond donors (Lipinski definition) is 4. The van der Waals surface area contributed by atoms with Crippen molar-refractivity contribution < 1.29 is 49.7 Å². The molecule has 0 amide bonds. The first-order chi connectivity index (χ1) is 14.2. The van der Waals surface area contributed by atoms with Crippen LogP contribution < -0.4 is 11.5 Å². The number of rotatable bonds is 4. The van der Waals surface area contributed by atoms with E-state index < -0.39 is 52.2 Å². The number of halogens is 9. The Morgan fingerprint density at radius 2 is 1.12 bits per heavy atom. The highest BCUT2D eigenvalue weighted by Crippen LogP contribution is 2.51. The molecule has 2 aromatic carbocycles. The van der Waals surface area contributed by atoms with Crippen molar-refractivity contribution in [1.82, 2.24) is 0 Å². The van der Waals surface area contributed by atoms with Gasteiger partial charge in [-0.05, 0) is 42.7 Å². The predicted octanol–water partition coefficient (Wildman–Crippen LogP) is 4.52. The summed E-state index contributed by atoms with van der Waals surface area (Å²) in [5.74, 6) is 0. The average molecular weight is 476 g/mol. The predicted molar refractivity (Wildman–Crippen MR) is 96.1 cm³/mol. The summed E-state index contributed by atoms with van der Waals surface area (Å²) in [6.07, 6.45) is -17.7. The summed E-state index contributed by atoms with van der Waals surface area (Å²) in [6, 6.07) is 5.14. The summed E-state index contributed by atoms with van der Waals surface area (Å²) in [7, 11) is 0. The lowest BCUT2D eigenvalue weighted by molar-refractivity contribution is -0.376. The SMILES string of the molecule is CC(O)(c1ccc(Cc2ccc(N)c(C(O)(C(F)(F)F)C(F)(F)F)c2)cc1N)C(F)(F)F. The number of aliphatic hydroxyl groups is 2. The maximum absolute atomic E-state index is 13.2. The number of anilines is 2. The fourth-order valence-corrected chi connectivity index (χ4v) is 3.05. The minimum absolute atomic E-state index is 0.113. The van der Waals surface area contributed by atoms with E-state index in [0.717, 1.165) is 30.3 Å². The van der Waals surface area contributed by atoms with Crippen molar-refractivity contribution in [3.05, 3.63) is 58.7 Å². The Balaban J connectivity index is 2.50. The highest BCUT2D eigenvalue weighted by atomic mass is 19.4. The Bertz CT molecular complexity index is 982. The third-order valence-corrected chi connectivity index (χ3v) is 4.93. The number of nitrogens with two attached hydrogens (primary N) is 2. The molecular weight excluding hydrogens is 459 g/mol. The lowest BCUT2D eigenvalue weighted by atomic mass is 9.88. The van der Waals surface area contributed by atoms with Gasteiger partial charge in [0.1, 0.15) is 0 Å².